The molecule has 5 heteroatoms. The van der Waals surface area contributed by atoms with E-state index in [0.717, 1.165) is 18.2 Å². The SMILES string of the molecule is CCN1CC(c2cc(F)ccc2F)NC1=O. The minimum absolute atomic E-state index is 0.198. The number of hydrogen-bond donors (Lipinski definition) is 1. The van der Waals surface area contributed by atoms with Crippen LogP contribution in [-0.4, -0.2) is 24.0 Å². The number of urea groups is 1. The lowest BCUT2D eigenvalue weighted by molar-refractivity contribution is 0.219. The predicted molar refractivity (Wildman–Crippen MR) is 54.9 cm³/mol. The summed E-state index contributed by atoms with van der Waals surface area (Å²) in [6.07, 6.45) is 0. The molecule has 86 valence electrons. The highest BCUT2D eigenvalue weighted by Gasteiger charge is 2.30. The molecule has 1 fully saturated rings. The first kappa shape index (κ1) is 10.9. The molecular formula is C11H12F2N2O. The Labute approximate surface area is 92.1 Å². The molecule has 0 bridgehead atoms. The van der Waals surface area contributed by atoms with Crippen LogP contribution in [0.15, 0.2) is 18.2 Å². The number of halogens is 2. The molecule has 2 amide bonds. The lowest BCUT2D eigenvalue weighted by Gasteiger charge is -2.12. The van der Waals surface area contributed by atoms with E-state index < -0.39 is 17.7 Å². The van der Waals surface area contributed by atoms with Crippen molar-refractivity contribution in [3.8, 4) is 0 Å². The second kappa shape index (κ2) is 4.08. The van der Waals surface area contributed by atoms with Crippen LogP contribution in [0.3, 0.4) is 0 Å². The van der Waals surface area contributed by atoms with Crippen molar-refractivity contribution in [2.45, 2.75) is 13.0 Å². The highest BCUT2D eigenvalue weighted by Crippen LogP contribution is 2.23. The van der Waals surface area contributed by atoms with Crippen LogP contribution in [0.4, 0.5) is 13.6 Å². The van der Waals surface area contributed by atoms with E-state index in [2.05, 4.69) is 5.32 Å². The fourth-order valence-corrected chi connectivity index (χ4v) is 1.82. The van der Waals surface area contributed by atoms with Gasteiger partial charge in [0.1, 0.15) is 11.6 Å². The second-order valence-corrected chi connectivity index (χ2v) is 3.71. The molecule has 0 aromatic heterocycles. The number of carbonyl (C=O) groups excluding carboxylic acids is 1. The molecule has 0 radical (unpaired) electrons. The number of rotatable bonds is 2. The molecule has 16 heavy (non-hydrogen) atoms. The van der Waals surface area contributed by atoms with Gasteiger partial charge in [-0.3, -0.25) is 0 Å². The maximum Gasteiger partial charge on any atom is 0.318 e. The van der Waals surface area contributed by atoms with Gasteiger partial charge in [0.15, 0.2) is 0 Å². The van der Waals surface area contributed by atoms with Gasteiger partial charge in [0, 0.05) is 18.7 Å². The Morgan fingerprint density at radius 1 is 1.50 bits per heavy atom. The fraction of sp³-hybridized carbons (Fsp3) is 0.364. The molecule has 1 heterocycles. The van der Waals surface area contributed by atoms with Gasteiger partial charge in [0.25, 0.3) is 0 Å². The number of likely N-dealkylation sites (N-methyl/N-ethyl adjacent to an activating group) is 1. The van der Waals surface area contributed by atoms with Gasteiger partial charge in [-0.15, -0.1) is 0 Å². The molecule has 3 nitrogen and oxygen atoms in total. The number of nitrogens with one attached hydrogen (secondary N) is 1. The Kier molecular flexibility index (Phi) is 2.77. The molecule has 1 unspecified atom stereocenters. The van der Waals surface area contributed by atoms with E-state index in [-0.39, 0.29) is 11.6 Å². The van der Waals surface area contributed by atoms with E-state index in [1.165, 1.54) is 0 Å². The van der Waals surface area contributed by atoms with Crippen molar-refractivity contribution in [2.75, 3.05) is 13.1 Å². The van der Waals surface area contributed by atoms with Crippen molar-refractivity contribution >= 4 is 6.03 Å². The van der Waals surface area contributed by atoms with E-state index >= 15 is 0 Å². The number of benzene rings is 1. The van der Waals surface area contributed by atoms with E-state index in [1.54, 1.807) is 4.90 Å². The predicted octanol–water partition coefficient (Wildman–Crippen LogP) is 2.05. The molecule has 1 atom stereocenters. The van der Waals surface area contributed by atoms with Gasteiger partial charge in [0.2, 0.25) is 0 Å². The average molecular weight is 226 g/mol. The zero-order valence-electron chi connectivity index (χ0n) is 8.84. The van der Waals surface area contributed by atoms with E-state index in [1.807, 2.05) is 6.92 Å². The zero-order valence-corrected chi connectivity index (χ0v) is 8.84. The summed E-state index contributed by atoms with van der Waals surface area (Å²) in [6, 6.07) is 2.55. The summed E-state index contributed by atoms with van der Waals surface area (Å²) in [7, 11) is 0. The Morgan fingerprint density at radius 2 is 2.25 bits per heavy atom. The minimum atomic E-state index is -0.499. The van der Waals surface area contributed by atoms with E-state index in [0.29, 0.717) is 13.1 Å². The van der Waals surface area contributed by atoms with Crippen molar-refractivity contribution < 1.29 is 13.6 Å². The van der Waals surface area contributed by atoms with Crippen LogP contribution in [0, 0.1) is 11.6 Å². The van der Waals surface area contributed by atoms with Crippen molar-refractivity contribution in [3.63, 3.8) is 0 Å². The minimum Gasteiger partial charge on any atom is -0.329 e. The Hall–Kier alpha value is -1.65. The van der Waals surface area contributed by atoms with E-state index in [4.69, 9.17) is 0 Å². The molecule has 1 N–H and O–H groups in total. The van der Waals surface area contributed by atoms with Crippen LogP contribution < -0.4 is 5.32 Å². The van der Waals surface area contributed by atoms with Gasteiger partial charge in [-0.1, -0.05) is 0 Å². The van der Waals surface area contributed by atoms with Gasteiger partial charge < -0.3 is 10.2 Å². The largest absolute Gasteiger partial charge is 0.329 e. The monoisotopic (exact) mass is 226 g/mol. The highest BCUT2D eigenvalue weighted by atomic mass is 19.1. The first-order valence-corrected chi connectivity index (χ1v) is 5.12. The Bertz CT molecular complexity index is 422. The Morgan fingerprint density at radius 3 is 2.88 bits per heavy atom. The number of amides is 2. The summed E-state index contributed by atoms with van der Waals surface area (Å²) in [5.74, 6) is -0.995. The van der Waals surface area contributed by atoms with Crippen LogP contribution in [0.2, 0.25) is 0 Å². The maximum absolute atomic E-state index is 13.4. The molecule has 0 aliphatic carbocycles. The van der Waals surface area contributed by atoms with Gasteiger partial charge in [0.05, 0.1) is 6.04 Å². The first-order chi connectivity index (χ1) is 7.61. The molecule has 1 saturated heterocycles. The molecule has 1 aromatic carbocycles. The van der Waals surface area contributed by atoms with Crippen LogP contribution in [-0.2, 0) is 0 Å². The van der Waals surface area contributed by atoms with Gasteiger partial charge >= 0.3 is 6.03 Å². The Balaban J connectivity index is 2.26. The second-order valence-electron chi connectivity index (χ2n) is 3.71. The lowest BCUT2D eigenvalue weighted by Crippen LogP contribution is -2.27. The van der Waals surface area contributed by atoms with Crippen molar-refractivity contribution in [1.29, 1.82) is 0 Å². The smallest absolute Gasteiger partial charge is 0.318 e. The van der Waals surface area contributed by atoms with Gasteiger partial charge in [-0.05, 0) is 25.1 Å². The summed E-state index contributed by atoms with van der Waals surface area (Å²) >= 11 is 0. The summed E-state index contributed by atoms with van der Waals surface area (Å²) in [4.78, 5) is 12.9. The summed E-state index contributed by atoms with van der Waals surface area (Å²) in [6.45, 7) is 2.76. The lowest BCUT2D eigenvalue weighted by atomic mass is 10.1. The quantitative estimate of drug-likeness (QED) is 0.822. The van der Waals surface area contributed by atoms with Crippen LogP contribution in [0.1, 0.15) is 18.5 Å². The van der Waals surface area contributed by atoms with Crippen LogP contribution >= 0.6 is 0 Å². The van der Waals surface area contributed by atoms with Gasteiger partial charge in [-0.2, -0.15) is 0 Å². The molecule has 2 rings (SSSR count). The zero-order chi connectivity index (χ0) is 11.7. The van der Waals surface area contributed by atoms with E-state index in [9.17, 15) is 13.6 Å². The van der Waals surface area contributed by atoms with Crippen LogP contribution in [0.5, 0.6) is 0 Å². The molecule has 1 aliphatic heterocycles. The third kappa shape index (κ3) is 1.85. The van der Waals surface area contributed by atoms with Gasteiger partial charge in [-0.25, -0.2) is 13.6 Å². The maximum atomic E-state index is 13.4. The molecule has 0 saturated carbocycles. The molecule has 1 aliphatic rings. The van der Waals surface area contributed by atoms with Crippen molar-refractivity contribution in [3.05, 3.63) is 35.4 Å². The first-order valence-electron chi connectivity index (χ1n) is 5.12. The van der Waals surface area contributed by atoms with Crippen molar-refractivity contribution in [1.82, 2.24) is 10.2 Å². The number of carbonyl (C=O) groups is 1. The van der Waals surface area contributed by atoms with Crippen molar-refractivity contribution in [2.24, 2.45) is 0 Å². The fourth-order valence-electron chi connectivity index (χ4n) is 1.82. The third-order valence-electron chi connectivity index (χ3n) is 2.70. The summed E-state index contributed by atoms with van der Waals surface area (Å²) < 4.78 is 26.4. The third-order valence-corrected chi connectivity index (χ3v) is 2.70. The average Bonchev–Trinajstić information content (AvgIpc) is 2.63. The number of nitrogens with zero attached hydrogens (tertiary/aromatic N) is 1. The summed E-state index contributed by atoms with van der Waals surface area (Å²) in [5, 5.41) is 2.62. The normalized spacial score (nSPS) is 20.1. The highest BCUT2D eigenvalue weighted by molar-refractivity contribution is 5.77. The topological polar surface area (TPSA) is 32.3 Å². The number of hydrogen-bond acceptors (Lipinski definition) is 1. The van der Waals surface area contributed by atoms with Crippen LogP contribution in [0.25, 0.3) is 0 Å². The standard InChI is InChI=1S/C11H12F2N2O/c1-2-15-6-10(14-11(15)16)8-5-7(12)3-4-9(8)13/h3-5,10H,2,6H2,1H3,(H,14,16). The molecular weight excluding hydrogens is 214 g/mol. The molecule has 0 spiro atoms. The molecule has 1 aromatic rings. The summed E-state index contributed by atoms with van der Waals surface area (Å²) in [5.41, 5.74) is 0.198.